The van der Waals surface area contributed by atoms with Crippen LogP contribution in [0.5, 0.6) is 0 Å². The molecular formula is C34H31ClN6OS. The lowest BCUT2D eigenvalue weighted by molar-refractivity contribution is 0.102. The summed E-state index contributed by atoms with van der Waals surface area (Å²) in [6.45, 7) is 1.95. The van der Waals surface area contributed by atoms with Crippen molar-refractivity contribution in [2.45, 2.75) is 30.6 Å². The van der Waals surface area contributed by atoms with E-state index in [0.717, 1.165) is 66.1 Å². The second-order valence-corrected chi connectivity index (χ2v) is 12.8. The van der Waals surface area contributed by atoms with Gasteiger partial charge in [-0.2, -0.15) is 0 Å². The maximum atomic E-state index is 12.7. The highest BCUT2D eigenvalue weighted by atomic mass is 35.5. The summed E-state index contributed by atoms with van der Waals surface area (Å²) in [7, 11) is 1.99. The van der Waals surface area contributed by atoms with Crippen molar-refractivity contribution in [2.75, 3.05) is 25.5 Å². The fourth-order valence-corrected chi connectivity index (χ4v) is 7.56. The molecule has 216 valence electrons. The number of rotatable bonds is 4. The lowest BCUT2D eigenvalue weighted by Crippen LogP contribution is -2.43. The molecular weight excluding hydrogens is 576 g/mol. The van der Waals surface area contributed by atoms with Gasteiger partial charge in [0.25, 0.3) is 5.91 Å². The summed E-state index contributed by atoms with van der Waals surface area (Å²) in [4.78, 5) is 33.2. The number of pyridine rings is 1. The summed E-state index contributed by atoms with van der Waals surface area (Å²) in [5, 5.41) is 3.43. The number of halogens is 1. The van der Waals surface area contributed by atoms with Gasteiger partial charge in [0.1, 0.15) is 17.5 Å². The number of hydrogen-bond acceptors (Lipinski definition) is 7. The standard InChI is InChI=1S/C34H31ClN6OS/c1-40-29-11-10-28(43-27-9-5-8-26(31(27)35)38-33(42)23-6-3-2-4-7-23)32(40)37-17-13-30(39-29)41-18-14-34(15-19-41)20-24-12-16-36-22-25(24)21-34/h2-13,16-17,22H,14-15,18-21H2,1H3,(H,38,42)/b17-13+,30-13?,37-17?,37-32-,39-29?,39-30+. The zero-order chi connectivity index (χ0) is 29.4. The smallest absolute Gasteiger partial charge is 0.255 e. The molecule has 0 atom stereocenters. The van der Waals surface area contributed by atoms with Gasteiger partial charge < -0.3 is 15.1 Å². The van der Waals surface area contributed by atoms with Crippen molar-refractivity contribution < 1.29 is 4.79 Å². The number of aliphatic imine (C=N–C) groups is 2. The topological polar surface area (TPSA) is 73.2 Å². The summed E-state index contributed by atoms with van der Waals surface area (Å²) < 4.78 is 0. The van der Waals surface area contributed by atoms with E-state index in [0.29, 0.717) is 21.7 Å². The molecule has 2 bridgehead atoms. The minimum Gasteiger partial charge on any atom is -0.356 e. The van der Waals surface area contributed by atoms with Crippen molar-refractivity contribution in [1.29, 1.82) is 0 Å². The van der Waals surface area contributed by atoms with E-state index >= 15 is 0 Å². The third-order valence-electron chi connectivity index (χ3n) is 8.67. The van der Waals surface area contributed by atoms with Crippen LogP contribution < -0.4 is 5.32 Å². The van der Waals surface area contributed by atoms with Crippen molar-refractivity contribution in [3.63, 3.8) is 0 Å². The number of piperidine rings is 1. The average molecular weight is 607 g/mol. The maximum absolute atomic E-state index is 12.7. The largest absolute Gasteiger partial charge is 0.356 e. The Bertz CT molecular complexity index is 1710. The normalized spacial score (nSPS) is 21.8. The number of thioether (sulfide) groups is 1. The molecule has 1 saturated heterocycles. The van der Waals surface area contributed by atoms with E-state index in [9.17, 15) is 4.79 Å². The third kappa shape index (κ3) is 5.53. The van der Waals surface area contributed by atoms with Crippen LogP contribution in [0.1, 0.15) is 34.3 Å². The number of aromatic nitrogens is 1. The van der Waals surface area contributed by atoms with Crippen molar-refractivity contribution in [1.82, 2.24) is 14.8 Å². The Morgan fingerprint density at radius 3 is 2.63 bits per heavy atom. The quantitative estimate of drug-likeness (QED) is 0.348. The number of likely N-dealkylation sites (N-methyl/N-ethyl adjacent to an activating group) is 1. The first kappa shape index (κ1) is 27.7. The Morgan fingerprint density at radius 1 is 1.00 bits per heavy atom. The van der Waals surface area contributed by atoms with Gasteiger partial charge >= 0.3 is 0 Å². The number of fused-ring (bicyclic) bond motifs is 3. The van der Waals surface area contributed by atoms with Crippen molar-refractivity contribution in [3.8, 4) is 0 Å². The molecule has 7 nitrogen and oxygen atoms in total. The Balaban J connectivity index is 1.06. The number of likely N-dealkylation sites (tertiary alicyclic amines) is 1. The predicted octanol–water partition coefficient (Wildman–Crippen LogP) is 6.96. The number of anilines is 1. The van der Waals surface area contributed by atoms with E-state index in [-0.39, 0.29) is 5.91 Å². The van der Waals surface area contributed by atoms with Gasteiger partial charge in [-0.3, -0.25) is 9.78 Å². The number of carbonyl (C=O) groups is 1. The zero-order valence-corrected chi connectivity index (χ0v) is 25.4. The maximum Gasteiger partial charge on any atom is 0.255 e. The van der Waals surface area contributed by atoms with Gasteiger partial charge in [0.05, 0.1) is 15.6 Å². The molecule has 1 spiro atoms. The highest BCUT2D eigenvalue weighted by molar-refractivity contribution is 8.04. The Kier molecular flexibility index (Phi) is 7.41. The fraction of sp³-hybridized carbons (Fsp3) is 0.235. The molecule has 43 heavy (non-hydrogen) atoms. The molecule has 0 saturated carbocycles. The summed E-state index contributed by atoms with van der Waals surface area (Å²) in [5.74, 6) is 2.39. The molecule has 7 rings (SSSR count). The summed E-state index contributed by atoms with van der Waals surface area (Å²) >= 11 is 8.30. The first-order valence-corrected chi connectivity index (χ1v) is 15.7. The molecule has 0 radical (unpaired) electrons. The van der Waals surface area contributed by atoms with Gasteiger partial charge in [0, 0.05) is 49.2 Å². The Morgan fingerprint density at radius 2 is 1.81 bits per heavy atom. The Hall–Kier alpha value is -4.14. The van der Waals surface area contributed by atoms with Gasteiger partial charge in [-0.1, -0.05) is 47.6 Å². The molecule has 0 unspecified atom stereocenters. The van der Waals surface area contributed by atoms with Gasteiger partial charge in [0.15, 0.2) is 0 Å². The zero-order valence-electron chi connectivity index (χ0n) is 23.8. The minimum absolute atomic E-state index is 0.202. The Labute approximate surface area is 260 Å². The number of nitrogens with one attached hydrogen (secondary N) is 1. The molecule has 3 aliphatic heterocycles. The van der Waals surface area contributed by atoms with E-state index < -0.39 is 0 Å². The van der Waals surface area contributed by atoms with Crippen LogP contribution in [0.25, 0.3) is 0 Å². The molecule has 1 aromatic heterocycles. The first-order valence-electron chi connectivity index (χ1n) is 14.5. The predicted molar refractivity (Wildman–Crippen MR) is 175 cm³/mol. The van der Waals surface area contributed by atoms with E-state index in [1.807, 2.05) is 85.2 Å². The molecule has 9 heteroatoms. The van der Waals surface area contributed by atoms with Gasteiger partial charge in [0.2, 0.25) is 0 Å². The SMILES string of the molecule is CN1C2=CC=C(Sc3cccc(NC(=O)c4ccccc4)c3Cl)/C1=N/C=C/C(N1CCC3(CC1)Cc1ccncc1C3)=N\2. The van der Waals surface area contributed by atoms with E-state index in [2.05, 4.69) is 21.3 Å². The highest BCUT2D eigenvalue weighted by Crippen LogP contribution is 2.45. The van der Waals surface area contributed by atoms with E-state index in [1.165, 1.54) is 22.9 Å². The van der Waals surface area contributed by atoms with Crippen LogP contribution in [-0.4, -0.2) is 52.5 Å². The monoisotopic (exact) mass is 606 g/mol. The number of benzene rings is 2. The van der Waals surface area contributed by atoms with Crippen LogP contribution in [0.4, 0.5) is 5.69 Å². The second kappa shape index (κ2) is 11.5. The number of allylic oxidation sites excluding steroid dienone is 2. The first-order chi connectivity index (χ1) is 21.0. The van der Waals surface area contributed by atoms with Crippen LogP contribution in [0.3, 0.4) is 0 Å². The lowest BCUT2D eigenvalue weighted by Gasteiger charge is -2.40. The number of hydrogen-bond donors (Lipinski definition) is 1. The average Bonchev–Trinajstić information content (AvgIpc) is 3.39. The van der Waals surface area contributed by atoms with Gasteiger partial charge in [-0.15, -0.1) is 0 Å². The number of amides is 1. The van der Waals surface area contributed by atoms with Crippen LogP contribution in [0.2, 0.25) is 5.02 Å². The molecule has 2 aromatic carbocycles. The van der Waals surface area contributed by atoms with Crippen molar-refractivity contribution in [3.05, 3.63) is 124 Å². The fourth-order valence-electron chi connectivity index (χ4n) is 6.27. The van der Waals surface area contributed by atoms with Crippen LogP contribution >= 0.6 is 23.4 Å². The summed E-state index contributed by atoms with van der Waals surface area (Å²) in [5.41, 5.74) is 4.37. The second-order valence-electron chi connectivity index (χ2n) is 11.4. The lowest BCUT2D eigenvalue weighted by atomic mass is 9.76. The van der Waals surface area contributed by atoms with Crippen molar-refractivity contribution in [2.24, 2.45) is 15.4 Å². The highest BCUT2D eigenvalue weighted by Gasteiger charge is 2.40. The molecule has 1 aliphatic carbocycles. The van der Waals surface area contributed by atoms with Gasteiger partial charge in [-0.25, -0.2) is 9.98 Å². The summed E-state index contributed by atoms with van der Waals surface area (Å²) in [6, 6.07) is 16.9. The van der Waals surface area contributed by atoms with Gasteiger partial charge in [-0.05, 0) is 90.8 Å². The van der Waals surface area contributed by atoms with E-state index in [4.69, 9.17) is 21.6 Å². The van der Waals surface area contributed by atoms with Crippen LogP contribution in [0, 0.1) is 5.41 Å². The molecule has 4 heterocycles. The molecule has 1 amide bonds. The minimum atomic E-state index is -0.202. The number of amidine groups is 2. The van der Waals surface area contributed by atoms with E-state index in [1.54, 1.807) is 12.1 Å². The number of carbonyl (C=O) groups excluding carboxylic acids is 1. The van der Waals surface area contributed by atoms with Crippen LogP contribution in [-0.2, 0) is 12.8 Å². The molecule has 1 N–H and O–H groups in total. The molecule has 4 aliphatic rings. The molecule has 3 aromatic rings. The van der Waals surface area contributed by atoms with Crippen molar-refractivity contribution >= 4 is 46.6 Å². The summed E-state index contributed by atoms with van der Waals surface area (Å²) in [6.07, 6.45) is 16.5. The number of nitrogens with zero attached hydrogens (tertiary/aromatic N) is 5. The van der Waals surface area contributed by atoms with Crippen LogP contribution in [0.15, 0.2) is 117 Å². The third-order valence-corrected chi connectivity index (χ3v) is 10.3. The molecule has 1 fully saturated rings.